The van der Waals surface area contributed by atoms with Crippen molar-refractivity contribution in [1.82, 2.24) is 40.2 Å². The smallest absolute Gasteiger partial charge is 0.309 e. The molecule has 0 saturated carbocycles. The molecule has 1 amide bonds. The standard InChI is InChI=1S/C26H31N9O2/c1-26(2,3)24-33-32-23(37-24)22(36)30-21-9-11-34(4)14-17-12-16(6-7-19(17)21)20-8-10-27-25(31-20)29-18-13-28-35(5)15-18/h6-8,10,12-13,15,21H,9,11,14H2,1-5H3,(H,30,36)(H,27,29,31). The van der Waals surface area contributed by atoms with E-state index >= 15 is 0 Å². The Labute approximate surface area is 215 Å². The second-order valence-corrected chi connectivity index (χ2v) is 10.4. The molecule has 5 rings (SSSR count). The number of fused-ring (bicyclic) bond motifs is 1. The van der Waals surface area contributed by atoms with E-state index in [1.165, 1.54) is 0 Å². The van der Waals surface area contributed by atoms with Gasteiger partial charge < -0.3 is 20.0 Å². The first kappa shape index (κ1) is 24.6. The Hall–Kier alpha value is -4.12. The summed E-state index contributed by atoms with van der Waals surface area (Å²) in [5.41, 5.74) is 4.47. The van der Waals surface area contributed by atoms with Crippen LogP contribution < -0.4 is 10.6 Å². The molecule has 3 aromatic heterocycles. The number of aryl methyl sites for hydroxylation is 1. The number of carbonyl (C=O) groups is 1. The quantitative estimate of drug-likeness (QED) is 0.421. The van der Waals surface area contributed by atoms with Crippen LogP contribution in [0.15, 0.2) is 47.3 Å². The van der Waals surface area contributed by atoms with Crippen molar-refractivity contribution in [2.45, 2.75) is 45.2 Å². The first-order valence-corrected chi connectivity index (χ1v) is 12.2. The lowest BCUT2D eigenvalue weighted by Crippen LogP contribution is -2.30. The molecule has 37 heavy (non-hydrogen) atoms. The highest BCUT2D eigenvalue weighted by Crippen LogP contribution is 2.31. The minimum Gasteiger partial charge on any atom is -0.416 e. The van der Waals surface area contributed by atoms with Crippen LogP contribution in [0.3, 0.4) is 0 Å². The van der Waals surface area contributed by atoms with E-state index in [9.17, 15) is 4.79 Å². The number of carbonyl (C=O) groups excluding carboxylic acids is 1. The maximum absolute atomic E-state index is 13.0. The molecule has 1 aliphatic heterocycles. The summed E-state index contributed by atoms with van der Waals surface area (Å²) in [4.78, 5) is 24.3. The molecule has 1 aromatic carbocycles. The van der Waals surface area contributed by atoms with Crippen molar-refractivity contribution >= 4 is 17.5 Å². The van der Waals surface area contributed by atoms with Crippen molar-refractivity contribution in [2.75, 3.05) is 18.9 Å². The third kappa shape index (κ3) is 5.51. The summed E-state index contributed by atoms with van der Waals surface area (Å²) in [5, 5.41) is 18.5. The molecule has 4 aromatic rings. The van der Waals surface area contributed by atoms with Crippen molar-refractivity contribution in [3.63, 3.8) is 0 Å². The predicted octanol–water partition coefficient (Wildman–Crippen LogP) is 3.61. The zero-order chi connectivity index (χ0) is 26.2. The summed E-state index contributed by atoms with van der Waals surface area (Å²) in [7, 11) is 3.94. The number of benzene rings is 1. The molecule has 4 heterocycles. The third-order valence-corrected chi connectivity index (χ3v) is 6.24. The van der Waals surface area contributed by atoms with Gasteiger partial charge in [0.2, 0.25) is 11.8 Å². The SMILES string of the molecule is CN1CCC(NC(=O)c2nnc(C(C)(C)C)o2)c2ccc(-c3ccnc(Nc4cnn(C)c4)n3)cc2C1. The van der Waals surface area contributed by atoms with Crippen LogP contribution in [0.5, 0.6) is 0 Å². The number of rotatable bonds is 5. The number of nitrogens with zero attached hydrogens (tertiary/aromatic N) is 7. The van der Waals surface area contributed by atoms with Crippen LogP contribution in [-0.2, 0) is 19.0 Å². The first-order valence-electron chi connectivity index (χ1n) is 12.2. The van der Waals surface area contributed by atoms with Gasteiger partial charge in [-0.2, -0.15) is 5.10 Å². The molecule has 1 atom stereocenters. The molecule has 0 fully saturated rings. The lowest BCUT2D eigenvalue weighted by Gasteiger charge is -2.19. The summed E-state index contributed by atoms with van der Waals surface area (Å²) in [6.07, 6.45) is 6.08. The summed E-state index contributed by atoms with van der Waals surface area (Å²) < 4.78 is 7.37. The number of aromatic nitrogens is 6. The molecule has 11 nitrogen and oxygen atoms in total. The second kappa shape index (κ2) is 9.74. The fourth-order valence-electron chi connectivity index (χ4n) is 4.30. The normalized spacial score (nSPS) is 16.2. The van der Waals surface area contributed by atoms with E-state index in [2.05, 4.69) is 55.0 Å². The molecule has 0 aliphatic carbocycles. The average molecular weight is 502 g/mol. The number of nitrogens with one attached hydrogen (secondary N) is 2. The van der Waals surface area contributed by atoms with Gasteiger partial charge in [0, 0.05) is 43.5 Å². The fraction of sp³-hybridized carbons (Fsp3) is 0.385. The number of anilines is 2. The van der Waals surface area contributed by atoms with Gasteiger partial charge in [0.05, 0.1) is 23.6 Å². The topological polar surface area (TPSA) is 127 Å². The molecule has 0 bridgehead atoms. The number of amides is 1. The summed E-state index contributed by atoms with van der Waals surface area (Å²) in [5.74, 6) is 0.548. The Balaban J connectivity index is 1.39. The molecule has 11 heteroatoms. The minimum absolute atomic E-state index is 0.0182. The molecule has 1 unspecified atom stereocenters. The van der Waals surface area contributed by atoms with Crippen molar-refractivity contribution in [2.24, 2.45) is 7.05 Å². The van der Waals surface area contributed by atoms with Crippen LogP contribution in [0.4, 0.5) is 11.6 Å². The predicted molar refractivity (Wildman–Crippen MR) is 138 cm³/mol. The van der Waals surface area contributed by atoms with Gasteiger partial charge in [-0.25, -0.2) is 9.97 Å². The maximum atomic E-state index is 13.0. The molecule has 2 N–H and O–H groups in total. The number of hydrogen-bond acceptors (Lipinski definition) is 9. The Morgan fingerprint density at radius 3 is 2.73 bits per heavy atom. The third-order valence-electron chi connectivity index (χ3n) is 6.24. The largest absolute Gasteiger partial charge is 0.416 e. The van der Waals surface area contributed by atoms with Crippen LogP contribution in [0, 0.1) is 0 Å². The van der Waals surface area contributed by atoms with Gasteiger partial charge in [-0.05, 0) is 36.7 Å². The highest BCUT2D eigenvalue weighted by atomic mass is 16.4. The molecule has 0 spiro atoms. The zero-order valence-corrected chi connectivity index (χ0v) is 21.7. The molecular weight excluding hydrogens is 470 g/mol. The molecule has 0 saturated heterocycles. The monoisotopic (exact) mass is 501 g/mol. The van der Waals surface area contributed by atoms with E-state index in [1.54, 1.807) is 17.1 Å². The Bertz CT molecular complexity index is 1420. The van der Waals surface area contributed by atoms with Gasteiger partial charge in [-0.15, -0.1) is 10.2 Å². The zero-order valence-electron chi connectivity index (χ0n) is 21.7. The number of hydrogen-bond donors (Lipinski definition) is 2. The van der Waals surface area contributed by atoms with Gasteiger partial charge in [0.25, 0.3) is 0 Å². The van der Waals surface area contributed by atoms with E-state index in [0.717, 1.165) is 47.6 Å². The Morgan fingerprint density at radius 2 is 2.00 bits per heavy atom. The Morgan fingerprint density at radius 1 is 1.16 bits per heavy atom. The van der Waals surface area contributed by atoms with Gasteiger partial charge in [0.15, 0.2) is 0 Å². The van der Waals surface area contributed by atoms with Gasteiger partial charge in [-0.1, -0.05) is 32.9 Å². The molecule has 192 valence electrons. The van der Waals surface area contributed by atoms with Crippen LogP contribution in [0.2, 0.25) is 0 Å². The highest BCUT2D eigenvalue weighted by molar-refractivity contribution is 5.89. The molecular formula is C26H31N9O2. The first-order chi connectivity index (χ1) is 17.7. The fourth-order valence-corrected chi connectivity index (χ4v) is 4.30. The van der Waals surface area contributed by atoms with Crippen molar-refractivity contribution < 1.29 is 9.21 Å². The second-order valence-electron chi connectivity index (χ2n) is 10.4. The average Bonchev–Trinajstić information content (AvgIpc) is 3.48. The summed E-state index contributed by atoms with van der Waals surface area (Å²) in [6.45, 7) is 7.49. The van der Waals surface area contributed by atoms with Gasteiger partial charge >= 0.3 is 11.8 Å². The summed E-state index contributed by atoms with van der Waals surface area (Å²) >= 11 is 0. The highest BCUT2D eigenvalue weighted by Gasteiger charge is 2.28. The van der Waals surface area contributed by atoms with E-state index in [4.69, 9.17) is 9.40 Å². The lowest BCUT2D eigenvalue weighted by molar-refractivity contribution is 0.0895. The van der Waals surface area contributed by atoms with Crippen molar-refractivity contribution in [3.8, 4) is 11.3 Å². The van der Waals surface area contributed by atoms with E-state index in [-0.39, 0.29) is 23.3 Å². The van der Waals surface area contributed by atoms with Crippen LogP contribution >= 0.6 is 0 Å². The summed E-state index contributed by atoms with van der Waals surface area (Å²) in [6, 6.07) is 7.94. The van der Waals surface area contributed by atoms with Crippen LogP contribution in [0.25, 0.3) is 11.3 Å². The molecule has 0 radical (unpaired) electrons. The van der Waals surface area contributed by atoms with Crippen LogP contribution in [0.1, 0.15) is 60.9 Å². The van der Waals surface area contributed by atoms with E-state index in [1.807, 2.05) is 46.1 Å². The van der Waals surface area contributed by atoms with Crippen LogP contribution in [-0.4, -0.2) is 54.3 Å². The van der Waals surface area contributed by atoms with Crippen molar-refractivity contribution in [1.29, 1.82) is 0 Å². The lowest BCUT2D eigenvalue weighted by atomic mass is 9.96. The van der Waals surface area contributed by atoms with Gasteiger partial charge in [-0.3, -0.25) is 9.48 Å². The van der Waals surface area contributed by atoms with E-state index < -0.39 is 0 Å². The minimum atomic E-state index is -0.366. The van der Waals surface area contributed by atoms with E-state index in [0.29, 0.717) is 11.8 Å². The maximum Gasteiger partial charge on any atom is 0.309 e. The Kier molecular flexibility index (Phi) is 6.46. The van der Waals surface area contributed by atoms with Crippen molar-refractivity contribution in [3.05, 3.63) is 65.8 Å². The van der Waals surface area contributed by atoms with Gasteiger partial charge in [0.1, 0.15) is 0 Å². The molecule has 1 aliphatic rings.